The van der Waals surface area contributed by atoms with E-state index < -0.39 is 17.9 Å². The Labute approximate surface area is 172 Å². The molecular weight excluding hydrogens is 390 g/mol. The van der Waals surface area contributed by atoms with Crippen molar-refractivity contribution in [3.63, 3.8) is 0 Å². The van der Waals surface area contributed by atoms with E-state index in [1.807, 2.05) is 23.1 Å². The zero-order valence-electron chi connectivity index (χ0n) is 16.2. The summed E-state index contributed by atoms with van der Waals surface area (Å²) in [5.41, 5.74) is 3.49. The fourth-order valence-corrected chi connectivity index (χ4v) is 4.82. The van der Waals surface area contributed by atoms with E-state index in [2.05, 4.69) is 10.6 Å². The standard InChI is InChI=1S/C21H23N3O4S/c1-12(25)17-5-4-16(29-17)6-7-22-20(27)21(28)23-15-9-13-3-2-8-24-18(26)11-14(10-15)19(13)24/h4-5,9-10,12,25H,2-3,6-8,11H2,1H3,(H,22,27)(H,23,28). The van der Waals surface area contributed by atoms with Crippen LogP contribution in [0.1, 0.15) is 40.3 Å². The maximum Gasteiger partial charge on any atom is 0.313 e. The number of carbonyl (C=O) groups excluding carboxylic acids is 3. The highest BCUT2D eigenvalue weighted by atomic mass is 32.1. The van der Waals surface area contributed by atoms with Crippen LogP contribution in [0.25, 0.3) is 0 Å². The highest BCUT2D eigenvalue weighted by Gasteiger charge is 2.32. The van der Waals surface area contributed by atoms with Gasteiger partial charge in [-0.15, -0.1) is 11.3 Å². The Morgan fingerprint density at radius 2 is 2.03 bits per heavy atom. The molecule has 1 unspecified atom stereocenters. The Bertz CT molecular complexity index is 982. The van der Waals surface area contributed by atoms with Crippen LogP contribution in [0.5, 0.6) is 0 Å². The molecule has 2 aliphatic heterocycles. The molecule has 2 aliphatic rings. The van der Waals surface area contributed by atoms with Gasteiger partial charge < -0.3 is 20.6 Å². The maximum absolute atomic E-state index is 12.3. The number of anilines is 2. The third kappa shape index (κ3) is 4.04. The number of nitrogens with zero attached hydrogens (tertiary/aromatic N) is 1. The van der Waals surface area contributed by atoms with E-state index in [9.17, 15) is 19.5 Å². The van der Waals surface area contributed by atoms with Crippen LogP contribution in [0.4, 0.5) is 11.4 Å². The molecule has 7 nitrogen and oxygen atoms in total. The van der Waals surface area contributed by atoms with Crippen molar-refractivity contribution in [2.24, 2.45) is 0 Å². The largest absolute Gasteiger partial charge is 0.388 e. The normalized spacial score (nSPS) is 15.8. The number of benzene rings is 1. The minimum Gasteiger partial charge on any atom is -0.388 e. The maximum atomic E-state index is 12.3. The van der Waals surface area contributed by atoms with E-state index in [4.69, 9.17) is 0 Å². The van der Waals surface area contributed by atoms with E-state index in [1.165, 1.54) is 11.3 Å². The minimum absolute atomic E-state index is 0.0921. The predicted octanol–water partition coefficient (Wildman–Crippen LogP) is 1.93. The first-order valence-electron chi connectivity index (χ1n) is 9.74. The molecule has 2 aromatic rings. The molecule has 0 aliphatic carbocycles. The van der Waals surface area contributed by atoms with Crippen molar-refractivity contribution in [2.75, 3.05) is 23.3 Å². The van der Waals surface area contributed by atoms with Crippen LogP contribution < -0.4 is 15.5 Å². The first kappa shape index (κ1) is 19.6. The summed E-state index contributed by atoms with van der Waals surface area (Å²) in [5, 5.41) is 14.8. The Kier molecular flexibility index (Phi) is 5.38. The average Bonchev–Trinajstić information content (AvgIpc) is 3.28. The fraction of sp³-hybridized carbons (Fsp3) is 0.381. The van der Waals surface area contributed by atoms with Gasteiger partial charge in [-0.25, -0.2) is 0 Å². The monoisotopic (exact) mass is 413 g/mol. The molecule has 4 rings (SSSR count). The quantitative estimate of drug-likeness (QED) is 0.653. The number of hydrogen-bond acceptors (Lipinski definition) is 5. The number of aliphatic hydroxyl groups excluding tert-OH is 1. The summed E-state index contributed by atoms with van der Waals surface area (Å²) in [6.45, 7) is 2.79. The van der Waals surface area contributed by atoms with Gasteiger partial charge in [0.05, 0.1) is 18.2 Å². The van der Waals surface area contributed by atoms with Crippen molar-refractivity contribution in [2.45, 2.75) is 38.7 Å². The van der Waals surface area contributed by atoms with E-state index in [0.29, 0.717) is 25.1 Å². The third-order valence-corrected chi connectivity index (χ3v) is 6.54. The lowest BCUT2D eigenvalue weighted by Gasteiger charge is -2.26. The first-order chi connectivity index (χ1) is 13.9. The van der Waals surface area contributed by atoms with Crippen molar-refractivity contribution in [3.05, 3.63) is 45.1 Å². The molecule has 0 radical (unpaired) electrons. The summed E-state index contributed by atoms with van der Waals surface area (Å²) < 4.78 is 0. The van der Waals surface area contributed by atoms with Crippen molar-refractivity contribution in [1.29, 1.82) is 0 Å². The van der Waals surface area contributed by atoms with Crippen molar-refractivity contribution < 1.29 is 19.5 Å². The molecule has 1 aromatic heterocycles. The minimum atomic E-state index is -0.718. The van der Waals surface area contributed by atoms with Gasteiger partial charge in [-0.05, 0) is 61.6 Å². The number of aliphatic hydroxyl groups is 1. The average molecular weight is 413 g/mol. The highest BCUT2D eigenvalue weighted by molar-refractivity contribution is 7.12. The third-order valence-electron chi connectivity index (χ3n) is 5.22. The van der Waals surface area contributed by atoms with Gasteiger partial charge in [-0.2, -0.15) is 0 Å². The lowest BCUT2D eigenvalue weighted by Crippen LogP contribution is -2.36. The lowest BCUT2D eigenvalue weighted by molar-refractivity contribution is -0.136. The second kappa shape index (κ2) is 7.96. The highest BCUT2D eigenvalue weighted by Crippen LogP contribution is 2.38. The number of thiophene rings is 1. The van der Waals surface area contributed by atoms with Crippen LogP contribution >= 0.6 is 11.3 Å². The van der Waals surface area contributed by atoms with Gasteiger partial charge in [0.2, 0.25) is 5.91 Å². The van der Waals surface area contributed by atoms with Gasteiger partial charge in [0, 0.05) is 28.5 Å². The molecule has 1 atom stereocenters. The molecule has 3 N–H and O–H groups in total. The van der Waals surface area contributed by atoms with E-state index >= 15 is 0 Å². The Hall–Kier alpha value is -2.71. The summed E-state index contributed by atoms with van der Waals surface area (Å²) in [7, 11) is 0. The van der Waals surface area contributed by atoms with Crippen molar-refractivity contribution in [1.82, 2.24) is 5.32 Å². The summed E-state index contributed by atoms with van der Waals surface area (Å²) in [4.78, 5) is 40.2. The van der Waals surface area contributed by atoms with Gasteiger partial charge in [0.1, 0.15) is 0 Å². The van der Waals surface area contributed by atoms with Crippen molar-refractivity contribution in [3.8, 4) is 0 Å². The summed E-state index contributed by atoms with van der Waals surface area (Å²) in [5.74, 6) is -1.32. The first-order valence-corrected chi connectivity index (χ1v) is 10.6. The number of rotatable bonds is 5. The van der Waals surface area contributed by atoms with Crippen LogP contribution in [-0.2, 0) is 33.6 Å². The Morgan fingerprint density at radius 1 is 1.24 bits per heavy atom. The molecule has 8 heteroatoms. The van der Waals surface area contributed by atoms with E-state index in [1.54, 1.807) is 13.0 Å². The van der Waals surface area contributed by atoms with Crippen molar-refractivity contribution >= 4 is 40.4 Å². The number of amides is 3. The molecule has 152 valence electrons. The molecular formula is C21H23N3O4S. The molecule has 0 saturated heterocycles. The fourth-order valence-electron chi connectivity index (χ4n) is 3.87. The number of hydrogen-bond donors (Lipinski definition) is 3. The van der Waals surface area contributed by atoms with Crippen LogP contribution in [0.3, 0.4) is 0 Å². The smallest absolute Gasteiger partial charge is 0.313 e. The van der Waals surface area contributed by atoms with Crippen LogP contribution in [0, 0.1) is 0 Å². The predicted molar refractivity (Wildman–Crippen MR) is 111 cm³/mol. The summed E-state index contributed by atoms with van der Waals surface area (Å²) in [6.07, 6.45) is 2.19. The molecule has 1 aromatic carbocycles. The van der Waals surface area contributed by atoms with Gasteiger partial charge in [-0.1, -0.05) is 0 Å². The second-order valence-corrected chi connectivity index (χ2v) is 8.61. The molecule has 0 saturated carbocycles. The second-order valence-electron chi connectivity index (χ2n) is 7.41. The van der Waals surface area contributed by atoms with Crippen LogP contribution in [0.15, 0.2) is 24.3 Å². The molecule has 29 heavy (non-hydrogen) atoms. The Morgan fingerprint density at radius 3 is 2.79 bits per heavy atom. The summed E-state index contributed by atoms with van der Waals surface area (Å²) >= 11 is 1.49. The van der Waals surface area contributed by atoms with Gasteiger partial charge in [-0.3, -0.25) is 14.4 Å². The van der Waals surface area contributed by atoms with Crippen LogP contribution in [0.2, 0.25) is 0 Å². The zero-order valence-corrected chi connectivity index (χ0v) is 17.0. The topological polar surface area (TPSA) is 98.7 Å². The van der Waals surface area contributed by atoms with E-state index in [-0.39, 0.29) is 5.91 Å². The molecule has 3 amide bonds. The molecule has 0 fully saturated rings. The molecule has 0 spiro atoms. The Balaban J connectivity index is 1.34. The molecule has 0 bridgehead atoms. The SMILES string of the molecule is CC(O)c1ccc(CCNC(=O)C(=O)Nc2cc3c4c(c2)CC(=O)N4CCC3)s1. The van der Waals surface area contributed by atoms with Gasteiger partial charge >= 0.3 is 11.8 Å². The van der Waals surface area contributed by atoms with Gasteiger partial charge in [0.25, 0.3) is 0 Å². The zero-order chi connectivity index (χ0) is 20.5. The number of nitrogens with one attached hydrogen (secondary N) is 2. The number of carbonyl (C=O) groups is 3. The van der Waals surface area contributed by atoms with E-state index in [0.717, 1.165) is 46.0 Å². The molecule has 3 heterocycles. The lowest BCUT2D eigenvalue weighted by atomic mass is 9.99. The van der Waals surface area contributed by atoms with Crippen LogP contribution in [-0.4, -0.2) is 35.9 Å². The summed E-state index contributed by atoms with van der Waals surface area (Å²) in [6, 6.07) is 7.43. The van der Waals surface area contributed by atoms with Gasteiger partial charge in [0.15, 0.2) is 0 Å². The number of aryl methyl sites for hydroxylation is 1.